The molecule has 96 valence electrons. The van der Waals surface area contributed by atoms with Crippen LogP contribution >= 0.6 is 11.6 Å². The summed E-state index contributed by atoms with van der Waals surface area (Å²) in [6, 6.07) is 7.05. The summed E-state index contributed by atoms with van der Waals surface area (Å²) in [4.78, 5) is 14.7. The Morgan fingerprint density at radius 2 is 2.21 bits per heavy atom. The van der Waals surface area contributed by atoms with Gasteiger partial charge in [-0.15, -0.1) is 0 Å². The maximum Gasteiger partial charge on any atom is 0.410 e. The van der Waals surface area contributed by atoms with Gasteiger partial charge in [-0.1, -0.05) is 11.6 Å². The fourth-order valence-electron chi connectivity index (χ4n) is 2.02. The molecule has 0 aliphatic carbocycles. The Labute approximate surface area is 113 Å². The number of halogens is 1. The smallest absolute Gasteiger partial charge is 0.410 e. The van der Waals surface area contributed by atoms with Gasteiger partial charge in [-0.2, -0.15) is 0 Å². The number of hydrogen-bond acceptors (Lipinski definition) is 3. The molecule has 0 spiro atoms. The molecule has 0 unspecified atom stereocenters. The molecule has 1 aromatic heterocycles. The molecule has 1 amide bonds. The van der Waals surface area contributed by atoms with E-state index < -0.39 is 6.09 Å². The first-order valence-corrected chi connectivity index (χ1v) is 5.93. The molecule has 0 bridgehead atoms. The van der Waals surface area contributed by atoms with Crippen LogP contribution in [0.3, 0.4) is 0 Å². The zero-order valence-corrected chi connectivity index (χ0v) is 10.4. The maximum atomic E-state index is 10.6. The first kappa shape index (κ1) is 11.8. The molecule has 6 heteroatoms. The van der Waals surface area contributed by atoms with Crippen molar-refractivity contribution in [1.29, 1.82) is 0 Å². The highest BCUT2D eigenvalue weighted by Crippen LogP contribution is 2.39. The Kier molecular flexibility index (Phi) is 2.76. The van der Waals surface area contributed by atoms with Gasteiger partial charge in [-0.25, -0.2) is 9.78 Å². The number of anilines is 1. The number of aromatic nitrogens is 1. The summed E-state index contributed by atoms with van der Waals surface area (Å²) in [6.07, 6.45) is 0.467. The highest BCUT2D eigenvalue weighted by molar-refractivity contribution is 6.30. The predicted octanol–water partition coefficient (Wildman–Crippen LogP) is 3.38. The van der Waals surface area contributed by atoms with Crippen LogP contribution in [0.2, 0.25) is 5.02 Å². The van der Waals surface area contributed by atoms with Gasteiger partial charge in [0, 0.05) is 22.3 Å². The molecule has 3 rings (SSSR count). The van der Waals surface area contributed by atoms with E-state index in [1.807, 2.05) is 6.07 Å². The second kappa shape index (κ2) is 4.44. The third-order valence-corrected chi connectivity index (χ3v) is 3.07. The molecule has 0 fully saturated rings. The third kappa shape index (κ3) is 2.20. The van der Waals surface area contributed by atoms with Crippen LogP contribution in [0.25, 0.3) is 11.1 Å². The summed E-state index contributed by atoms with van der Waals surface area (Å²) in [5.74, 6) is 0.974. The zero-order chi connectivity index (χ0) is 13.4. The molecule has 0 radical (unpaired) electrons. The molecule has 0 saturated carbocycles. The van der Waals surface area contributed by atoms with Gasteiger partial charge in [-0.05, 0) is 29.8 Å². The lowest BCUT2D eigenvalue weighted by Crippen LogP contribution is -2.11. The topological polar surface area (TPSA) is 71.5 Å². The quantitative estimate of drug-likeness (QED) is 0.837. The molecular formula is C13H9ClN2O3. The summed E-state index contributed by atoms with van der Waals surface area (Å²) in [5, 5.41) is 11.5. The number of amides is 1. The van der Waals surface area contributed by atoms with Crippen LogP contribution in [-0.4, -0.2) is 16.2 Å². The lowest BCUT2D eigenvalue weighted by Gasteiger charge is -2.21. The average molecular weight is 277 g/mol. The van der Waals surface area contributed by atoms with E-state index in [2.05, 4.69) is 10.3 Å². The Morgan fingerprint density at radius 1 is 1.37 bits per heavy atom. The SMILES string of the molecule is O=C(O)Nc1cc2c(cn1)COc1cc(Cl)ccc1-2. The number of hydrogen-bond donors (Lipinski definition) is 2. The molecule has 1 aromatic carbocycles. The number of fused-ring (bicyclic) bond motifs is 3. The van der Waals surface area contributed by atoms with Crippen molar-refractivity contribution in [1.82, 2.24) is 4.98 Å². The zero-order valence-electron chi connectivity index (χ0n) is 9.68. The number of rotatable bonds is 1. The van der Waals surface area contributed by atoms with Gasteiger partial charge in [0.2, 0.25) is 0 Å². The Morgan fingerprint density at radius 3 is 3.00 bits per heavy atom. The van der Waals surface area contributed by atoms with Crippen LogP contribution in [0.1, 0.15) is 5.56 Å². The van der Waals surface area contributed by atoms with Gasteiger partial charge in [0.25, 0.3) is 0 Å². The van der Waals surface area contributed by atoms with Gasteiger partial charge in [0.05, 0.1) is 0 Å². The standard InChI is InChI=1S/C13H9ClN2O3/c14-8-1-2-9-10-4-12(16-13(17)18)15-5-7(10)6-19-11(9)3-8/h1-5H,6H2,(H,15,16)(H,17,18). The van der Waals surface area contributed by atoms with E-state index in [0.29, 0.717) is 17.4 Å². The van der Waals surface area contributed by atoms with E-state index >= 15 is 0 Å². The molecule has 2 heterocycles. The van der Waals surface area contributed by atoms with E-state index in [1.165, 1.54) is 0 Å². The number of nitrogens with one attached hydrogen (secondary N) is 1. The lowest BCUT2D eigenvalue weighted by atomic mass is 9.99. The monoisotopic (exact) mass is 276 g/mol. The van der Waals surface area contributed by atoms with Crippen molar-refractivity contribution in [2.75, 3.05) is 5.32 Å². The molecular weight excluding hydrogens is 268 g/mol. The highest BCUT2D eigenvalue weighted by atomic mass is 35.5. The van der Waals surface area contributed by atoms with Crippen LogP contribution in [0, 0.1) is 0 Å². The Balaban J connectivity index is 2.10. The lowest BCUT2D eigenvalue weighted by molar-refractivity contribution is 0.209. The summed E-state index contributed by atoms with van der Waals surface area (Å²) >= 11 is 5.92. The third-order valence-electron chi connectivity index (χ3n) is 2.84. The summed E-state index contributed by atoms with van der Waals surface area (Å²) in [5.41, 5.74) is 2.68. The van der Waals surface area contributed by atoms with Crippen molar-refractivity contribution in [3.63, 3.8) is 0 Å². The van der Waals surface area contributed by atoms with Crippen molar-refractivity contribution in [3.8, 4) is 16.9 Å². The number of benzene rings is 1. The van der Waals surface area contributed by atoms with Crippen molar-refractivity contribution in [3.05, 3.63) is 41.0 Å². The van der Waals surface area contributed by atoms with Crippen LogP contribution < -0.4 is 10.1 Å². The highest BCUT2D eigenvalue weighted by Gasteiger charge is 2.18. The molecule has 2 aromatic rings. The molecule has 2 N–H and O–H groups in total. The average Bonchev–Trinajstić information content (AvgIpc) is 2.37. The van der Waals surface area contributed by atoms with Crippen molar-refractivity contribution >= 4 is 23.5 Å². The van der Waals surface area contributed by atoms with Gasteiger partial charge in [0.1, 0.15) is 18.2 Å². The minimum atomic E-state index is -1.14. The fourth-order valence-corrected chi connectivity index (χ4v) is 2.18. The van der Waals surface area contributed by atoms with Gasteiger partial charge in [-0.3, -0.25) is 5.32 Å². The molecule has 1 aliphatic rings. The maximum absolute atomic E-state index is 10.6. The number of ether oxygens (including phenoxy) is 1. The van der Waals surface area contributed by atoms with Crippen LogP contribution in [0.4, 0.5) is 10.6 Å². The van der Waals surface area contributed by atoms with Gasteiger partial charge < -0.3 is 9.84 Å². The Hall–Kier alpha value is -2.27. The van der Waals surface area contributed by atoms with E-state index in [-0.39, 0.29) is 5.82 Å². The summed E-state index contributed by atoms with van der Waals surface area (Å²) < 4.78 is 5.59. The summed E-state index contributed by atoms with van der Waals surface area (Å²) in [6.45, 7) is 0.392. The van der Waals surface area contributed by atoms with E-state index in [9.17, 15) is 4.79 Å². The van der Waals surface area contributed by atoms with E-state index in [0.717, 1.165) is 16.7 Å². The summed E-state index contributed by atoms with van der Waals surface area (Å²) in [7, 11) is 0. The van der Waals surface area contributed by atoms with Crippen LogP contribution in [-0.2, 0) is 6.61 Å². The molecule has 0 saturated heterocycles. The van der Waals surface area contributed by atoms with Gasteiger partial charge in [0.15, 0.2) is 0 Å². The number of pyridine rings is 1. The fraction of sp³-hybridized carbons (Fsp3) is 0.0769. The first-order valence-electron chi connectivity index (χ1n) is 5.55. The van der Waals surface area contributed by atoms with Gasteiger partial charge >= 0.3 is 6.09 Å². The molecule has 1 aliphatic heterocycles. The Bertz CT molecular complexity index is 673. The van der Waals surface area contributed by atoms with Crippen LogP contribution in [0.15, 0.2) is 30.5 Å². The molecule has 0 atom stereocenters. The minimum Gasteiger partial charge on any atom is -0.488 e. The van der Waals surface area contributed by atoms with Crippen molar-refractivity contribution < 1.29 is 14.6 Å². The second-order valence-corrected chi connectivity index (χ2v) is 4.52. The first-order chi connectivity index (χ1) is 9.13. The van der Waals surface area contributed by atoms with Crippen molar-refractivity contribution in [2.24, 2.45) is 0 Å². The predicted molar refractivity (Wildman–Crippen MR) is 70.7 cm³/mol. The second-order valence-electron chi connectivity index (χ2n) is 4.09. The number of carboxylic acid groups (broad SMARTS) is 1. The number of nitrogens with zero attached hydrogens (tertiary/aromatic N) is 1. The molecule has 19 heavy (non-hydrogen) atoms. The van der Waals surface area contributed by atoms with E-state index in [4.69, 9.17) is 21.4 Å². The van der Waals surface area contributed by atoms with Crippen LogP contribution in [0.5, 0.6) is 5.75 Å². The minimum absolute atomic E-state index is 0.286. The largest absolute Gasteiger partial charge is 0.488 e. The van der Waals surface area contributed by atoms with E-state index in [1.54, 1.807) is 24.4 Å². The van der Waals surface area contributed by atoms with Crippen molar-refractivity contribution in [2.45, 2.75) is 6.61 Å². The normalized spacial score (nSPS) is 12.1. The molecule has 5 nitrogen and oxygen atoms in total. The number of carbonyl (C=O) groups is 1.